The van der Waals surface area contributed by atoms with Gasteiger partial charge in [-0.3, -0.25) is 4.79 Å². The molecule has 0 saturated heterocycles. The molecule has 0 heterocycles. The lowest BCUT2D eigenvalue weighted by Crippen LogP contribution is -2.41. The van der Waals surface area contributed by atoms with Crippen molar-refractivity contribution in [1.29, 1.82) is 0 Å². The van der Waals surface area contributed by atoms with Gasteiger partial charge in [-0.2, -0.15) is 0 Å². The number of carbonyl (C=O) groups is 1. The predicted octanol–water partition coefficient (Wildman–Crippen LogP) is 3.32. The van der Waals surface area contributed by atoms with Crippen molar-refractivity contribution < 1.29 is 9.53 Å². The van der Waals surface area contributed by atoms with Crippen LogP contribution in [0.3, 0.4) is 0 Å². The number of ether oxygens (including phenoxy) is 1. The van der Waals surface area contributed by atoms with Crippen LogP contribution in [0.5, 0.6) is 5.75 Å². The minimum Gasteiger partial charge on any atom is -0.496 e. The summed E-state index contributed by atoms with van der Waals surface area (Å²) in [6, 6.07) is 5.88. The molecule has 0 fully saturated rings. The van der Waals surface area contributed by atoms with Crippen LogP contribution in [0.15, 0.2) is 24.3 Å². The SMILES string of the molecule is CCC(C)(C)NC(=O)/C=C/c1cc(C)ccc1OC. The Balaban J connectivity index is 2.81. The number of rotatable bonds is 5. The second kappa shape index (κ2) is 6.41. The van der Waals surface area contributed by atoms with E-state index in [0.717, 1.165) is 23.3 Å². The van der Waals surface area contributed by atoms with Crippen LogP contribution < -0.4 is 10.1 Å². The third-order valence-electron chi connectivity index (χ3n) is 3.14. The Morgan fingerprint density at radius 3 is 2.68 bits per heavy atom. The molecule has 1 aromatic rings. The molecule has 0 aliphatic rings. The number of aryl methyl sites for hydroxylation is 1. The van der Waals surface area contributed by atoms with E-state index < -0.39 is 0 Å². The van der Waals surface area contributed by atoms with Gasteiger partial charge < -0.3 is 10.1 Å². The molecule has 19 heavy (non-hydrogen) atoms. The zero-order valence-corrected chi connectivity index (χ0v) is 12.4. The largest absolute Gasteiger partial charge is 0.496 e. The van der Waals surface area contributed by atoms with Crippen molar-refractivity contribution in [3.8, 4) is 5.75 Å². The molecule has 0 spiro atoms. The van der Waals surface area contributed by atoms with Gasteiger partial charge in [0.2, 0.25) is 5.91 Å². The third-order valence-corrected chi connectivity index (χ3v) is 3.14. The molecule has 3 nitrogen and oxygen atoms in total. The van der Waals surface area contributed by atoms with Gasteiger partial charge in [0.05, 0.1) is 7.11 Å². The average Bonchev–Trinajstić information content (AvgIpc) is 2.36. The van der Waals surface area contributed by atoms with Gasteiger partial charge in [-0.05, 0) is 45.4 Å². The smallest absolute Gasteiger partial charge is 0.244 e. The molecule has 104 valence electrons. The molecule has 3 heteroatoms. The van der Waals surface area contributed by atoms with Crippen molar-refractivity contribution >= 4 is 12.0 Å². The van der Waals surface area contributed by atoms with E-state index in [9.17, 15) is 4.79 Å². The summed E-state index contributed by atoms with van der Waals surface area (Å²) in [6.07, 6.45) is 4.22. The van der Waals surface area contributed by atoms with Gasteiger partial charge in [0, 0.05) is 17.2 Å². The highest BCUT2D eigenvalue weighted by Gasteiger charge is 2.15. The molecule has 0 aromatic heterocycles. The minimum absolute atomic E-state index is 0.0876. The van der Waals surface area contributed by atoms with E-state index in [-0.39, 0.29) is 11.4 Å². The van der Waals surface area contributed by atoms with Gasteiger partial charge in [-0.1, -0.05) is 18.6 Å². The van der Waals surface area contributed by atoms with Gasteiger partial charge in [0.1, 0.15) is 5.75 Å². The Kier molecular flexibility index (Phi) is 5.16. The Morgan fingerprint density at radius 1 is 1.42 bits per heavy atom. The van der Waals surface area contributed by atoms with Crippen molar-refractivity contribution in [2.24, 2.45) is 0 Å². The summed E-state index contributed by atoms with van der Waals surface area (Å²) in [5, 5.41) is 2.96. The summed E-state index contributed by atoms with van der Waals surface area (Å²) in [5.74, 6) is 0.680. The third kappa shape index (κ3) is 4.78. The molecule has 1 rings (SSSR count). The van der Waals surface area contributed by atoms with Crippen LogP contribution in [0, 0.1) is 6.92 Å². The number of benzene rings is 1. The molecule has 0 atom stereocenters. The van der Waals surface area contributed by atoms with Crippen molar-refractivity contribution in [3.63, 3.8) is 0 Å². The minimum atomic E-state index is -0.182. The summed E-state index contributed by atoms with van der Waals surface area (Å²) < 4.78 is 5.27. The second-order valence-corrected chi connectivity index (χ2v) is 5.31. The van der Waals surface area contributed by atoms with Crippen LogP contribution in [0.4, 0.5) is 0 Å². The molecule has 0 radical (unpaired) electrons. The highest BCUT2D eigenvalue weighted by atomic mass is 16.5. The fourth-order valence-corrected chi connectivity index (χ4v) is 1.61. The lowest BCUT2D eigenvalue weighted by Gasteiger charge is -2.23. The maximum atomic E-state index is 11.8. The zero-order chi connectivity index (χ0) is 14.5. The number of nitrogens with one attached hydrogen (secondary N) is 1. The van der Waals surface area contributed by atoms with E-state index in [0.29, 0.717) is 0 Å². The van der Waals surface area contributed by atoms with E-state index in [1.165, 1.54) is 0 Å². The maximum Gasteiger partial charge on any atom is 0.244 e. The van der Waals surface area contributed by atoms with Gasteiger partial charge in [0.25, 0.3) is 0 Å². The molecule has 0 bridgehead atoms. The first kappa shape index (κ1) is 15.3. The normalized spacial score (nSPS) is 11.6. The first-order valence-electron chi connectivity index (χ1n) is 6.53. The topological polar surface area (TPSA) is 38.3 Å². The number of methoxy groups -OCH3 is 1. The molecule has 0 aliphatic heterocycles. The monoisotopic (exact) mass is 261 g/mol. The molecule has 0 aliphatic carbocycles. The van der Waals surface area contributed by atoms with Crippen LogP contribution >= 0.6 is 0 Å². The fourth-order valence-electron chi connectivity index (χ4n) is 1.61. The van der Waals surface area contributed by atoms with Gasteiger partial charge in [0.15, 0.2) is 0 Å². The molecule has 0 saturated carbocycles. The number of amides is 1. The quantitative estimate of drug-likeness (QED) is 0.826. The Bertz CT molecular complexity index is 476. The second-order valence-electron chi connectivity index (χ2n) is 5.31. The highest BCUT2D eigenvalue weighted by Crippen LogP contribution is 2.21. The van der Waals surface area contributed by atoms with Crippen molar-refractivity contribution in [2.75, 3.05) is 7.11 Å². The van der Waals surface area contributed by atoms with Crippen molar-refractivity contribution in [3.05, 3.63) is 35.4 Å². The summed E-state index contributed by atoms with van der Waals surface area (Å²) in [6.45, 7) is 8.07. The highest BCUT2D eigenvalue weighted by molar-refractivity contribution is 5.92. The van der Waals surface area contributed by atoms with Crippen LogP contribution in [0.25, 0.3) is 6.08 Å². The van der Waals surface area contributed by atoms with E-state index in [2.05, 4.69) is 5.32 Å². The molecule has 0 unspecified atom stereocenters. The molecular weight excluding hydrogens is 238 g/mol. The molecule has 1 amide bonds. The number of carbonyl (C=O) groups excluding carboxylic acids is 1. The van der Waals surface area contributed by atoms with Crippen LogP contribution in [-0.4, -0.2) is 18.6 Å². The summed E-state index contributed by atoms with van der Waals surface area (Å²) in [7, 11) is 1.63. The molecular formula is C16H23NO2. The summed E-state index contributed by atoms with van der Waals surface area (Å²) in [4.78, 5) is 11.8. The van der Waals surface area contributed by atoms with E-state index >= 15 is 0 Å². The van der Waals surface area contributed by atoms with Gasteiger partial charge in [-0.25, -0.2) is 0 Å². The van der Waals surface area contributed by atoms with Crippen LogP contribution in [0.1, 0.15) is 38.3 Å². The summed E-state index contributed by atoms with van der Waals surface area (Å²) in [5.41, 5.74) is 1.86. The Hall–Kier alpha value is -1.77. The van der Waals surface area contributed by atoms with Crippen molar-refractivity contribution in [1.82, 2.24) is 5.32 Å². The average molecular weight is 261 g/mol. The lowest BCUT2D eigenvalue weighted by molar-refractivity contribution is -0.117. The first-order valence-corrected chi connectivity index (χ1v) is 6.53. The van der Waals surface area contributed by atoms with Crippen molar-refractivity contribution in [2.45, 2.75) is 39.7 Å². The van der Waals surface area contributed by atoms with E-state index in [1.54, 1.807) is 19.3 Å². The predicted molar refractivity (Wildman–Crippen MR) is 79.3 cm³/mol. The number of hydrogen-bond donors (Lipinski definition) is 1. The standard InChI is InChI=1S/C16H23NO2/c1-6-16(3,4)17-15(18)10-8-13-11-12(2)7-9-14(13)19-5/h7-11H,6H2,1-5H3,(H,17,18)/b10-8+. The summed E-state index contributed by atoms with van der Waals surface area (Å²) >= 11 is 0. The number of hydrogen-bond acceptors (Lipinski definition) is 2. The first-order chi connectivity index (χ1) is 8.88. The maximum absolute atomic E-state index is 11.8. The Morgan fingerprint density at radius 2 is 2.11 bits per heavy atom. The fraction of sp³-hybridized carbons (Fsp3) is 0.438. The molecule has 1 N–H and O–H groups in total. The van der Waals surface area contributed by atoms with Crippen LogP contribution in [-0.2, 0) is 4.79 Å². The van der Waals surface area contributed by atoms with E-state index in [4.69, 9.17) is 4.74 Å². The van der Waals surface area contributed by atoms with Gasteiger partial charge in [-0.15, -0.1) is 0 Å². The zero-order valence-electron chi connectivity index (χ0n) is 12.4. The van der Waals surface area contributed by atoms with E-state index in [1.807, 2.05) is 45.9 Å². The molecule has 1 aromatic carbocycles. The lowest BCUT2D eigenvalue weighted by atomic mass is 10.0. The van der Waals surface area contributed by atoms with Crippen LogP contribution in [0.2, 0.25) is 0 Å². The van der Waals surface area contributed by atoms with Gasteiger partial charge >= 0.3 is 0 Å². The Labute approximate surface area is 115 Å².